The Hall–Kier alpha value is -1.72. The van der Waals surface area contributed by atoms with Gasteiger partial charge in [-0.05, 0) is 38.0 Å². The highest BCUT2D eigenvalue weighted by Crippen LogP contribution is 2.21. The van der Waals surface area contributed by atoms with E-state index in [2.05, 4.69) is 17.2 Å². The van der Waals surface area contributed by atoms with E-state index >= 15 is 0 Å². The monoisotopic (exact) mass is 289 g/mol. The van der Waals surface area contributed by atoms with Crippen LogP contribution >= 0.6 is 0 Å². The van der Waals surface area contributed by atoms with E-state index in [9.17, 15) is 4.39 Å². The van der Waals surface area contributed by atoms with Gasteiger partial charge in [0.05, 0.1) is 12.3 Å². The molecule has 1 aromatic heterocycles. The van der Waals surface area contributed by atoms with Gasteiger partial charge in [0.15, 0.2) is 0 Å². The topological polar surface area (TPSA) is 39.1 Å². The minimum absolute atomic E-state index is 0.101. The first-order chi connectivity index (χ1) is 10.1. The van der Waals surface area contributed by atoms with E-state index < -0.39 is 0 Å². The van der Waals surface area contributed by atoms with Gasteiger partial charge in [-0.15, -0.1) is 0 Å². The number of aromatic nitrogens is 2. The second-order valence-electron chi connectivity index (χ2n) is 5.50. The fourth-order valence-electron chi connectivity index (χ4n) is 2.74. The largest absolute Gasteiger partial charge is 0.380 e. The van der Waals surface area contributed by atoms with Crippen LogP contribution in [0.1, 0.15) is 30.8 Å². The smallest absolute Gasteiger partial charge is 0.147 e. The van der Waals surface area contributed by atoms with E-state index in [0.29, 0.717) is 11.7 Å². The molecule has 0 unspecified atom stereocenters. The van der Waals surface area contributed by atoms with Crippen molar-refractivity contribution >= 4 is 0 Å². The summed E-state index contributed by atoms with van der Waals surface area (Å²) < 4.78 is 21.5. The Balaban J connectivity index is 1.79. The number of aryl methyl sites for hydroxylation is 1. The Labute approximate surface area is 124 Å². The maximum absolute atomic E-state index is 14.4. The van der Waals surface area contributed by atoms with Crippen molar-refractivity contribution in [1.29, 1.82) is 0 Å². The fourth-order valence-corrected chi connectivity index (χ4v) is 2.74. The lowest BCUT2D eigenvalue weighted by molar-refractivity contribution is 0.188. The van der Waals surface area contributed by atoms with E-state index in [1.807, 2.05) is 19.1 Å². The molecule has 21 heavy (non-hydrogen) atoms. The zero-order chi connectivity index (χ0) is 14.8. The van der Waals surface area contributed by atoms with E-state index in [1.54, 1.807) is 23.0 Å². The maximum Gasteiger partial charge on any atom is 0.147 e. The standard InChI is InChI=1S/C16H20FN3O/c1-11(19-14-5-8-21-10-14)13-3-4-16(15(17)9-13)20-7-6-18-12(20)2/h3-4,6-7,9,11,14,19H,5,8,10H2,1-2H3/t11-,14+/m0/s1. The number of hydrogen-bond donors (Lipinski definition) is 1. The summed E-state index contributed by atoms with van der Waals surface area (Å²) in [7, 11) is 0. The fraction of sp³-hybridized carbons (Fsp3) is 0.438. The normalized spacial score (nSPS) is 19.9. The van der Waals surface area contributed by atoms with Crippen molar-refractivity contribution in [3.63, 3.8) is 0 Å². The molecule has 0 amide bonds. The van der Waals surface area contributed by atoms with Crippen molar-refractivity contribution < 1.29 is 9.13 Å². The molecule has 0 saturated carbocycles. The molecule has 3 rings (SSSR count). The molecule has 1 saturated heterocycles. The lowest BCUT2D eigenvalue weighted by Gasteiger charge is -2.19. The molecule has 1 fully saturated rings. The molecule has 2 heterocycles. The molecule has 1 N–H and O–H groups in total. The SMILES string of the molecule is Cc1nccn1-c1ccc([C@H](C)N[C@@H]2CCOC2)cc1F. The summed E-state index contributed by atoms with van der Waals surface area (Å²) in [5.74, 6) is 0.542. The lowest BCUT2D eigenvalue weighted by Crippen LogP contribution is -2.31. The Morgan fingerprint density at radius 2 is 2.33 bits per heavy atom. The van der Waals surface area contributed by atoms with Crippen molar-refractivity contribution in [2.24, 2.45) is 0 Å². The van der Waals surface area contributed by atoms with Crippen molar-refractivity contribution in [2.45, 2.75) is 32.4 Å². The highest BCUT2D eigenvalue weighted by atomic mass is 19.1. The molecule has 0 aliphatic carbocycles. The van der Waals surface area contributed by atoms with Crippen LogP contribution in [0.5, 0.6) is 0 Å². The summed E-state index contributed by atoms with van der Waals surface area (Å²) in [6, 6.07) is 5.83. The van der Waals surface area contributed by atoms with Gasteiger partial charge in [-0.2, -0.15) is 0 Å². The molecule has 1 aromatic carbocycles. The molecule has 112 valence electrons. The highest BCUT2D eigenvalue weighted by Gasteiger charge is 2.19. The first-order valence-electron chi connectivity index (χ1n) is 7.28. The van der Waals surface area contributed by atoms with Gasteiger partial charge in [0.2, 0.25) is 0 Å². The van der Waals surface area contributed by atoms with Gasteiger partial charge in [-0.1, -0.05) is 6.07 Å². The zero-order valence-electron chi connectivity index (χ0n) is 12.3. The third kappa shape index (κ3) is 2.99. The third-order valence-electron chi connectivity index (χ3n) is 3.97. The third-order valence-corrected chi connectivity index (χ3v) is 3.97. The number of ether oxygens (including phenoxy) is 1. The average Bonchev–Trinajstić information content (AvgIpc) is 3.10. The van der Waals surface area contributed by atoms with Crippen LogP contribution in [0.3, 0.4) is 0 Å². The molecule has 4 nitrogen and oxygen atoms in total. The predicted molar refractivity (Wildman–Crippen MR) is 79.0 cm³/mol. The van der Waals surface area contributed by atoms with Gasteiger partial charge in [0.1, 0.15) is 11.6 Å². The number of imidazole rings is 1. The van der Waals surface area contributed by atoms with Crippen molar-refractivity contribution in [3.8, 4) is 5.69 Å². The lowest BCUT2D eigenvalue weighted by atomic mass is 10.1. The minimum Gasteiger partial charge on any atom is -0.380 e. The Morgan fingerprint density at radius 3 is 2.95 bits per heavy atom. The van der Waals surface area contributed by atoms with Gasteiger partial charge >= 0.3 is 0 Å². The summed E-state index contributed by atoms with van der Waals surface area (Å²) in [6.07, 6.45) is 4.46. The Kier molecular flexibility index (Phi) is 4.03. The molecule has 0 bridgehead atoms. The number of halogens is 1. The zero-order valence-corrected chi connectivity index (χ0v) is 12.3. The van der Waals surface area contributed by atoms with E-state index in [1.165, 1.54) is 0 Å². The molecule has 5 heteroatoms. The van der Waals surface area contributed by atoms with E-state index in [-0.39, 0.29) is 11.9 Å². The summed E-state index contributed by atoms with van der Waals surface area (Å²) in [5.41, 5.74) is 1.48. The van der Waals surface area contributed by atoms with Crippen LogP contribution in [0, 0.1) is 12.7 Å². The van der Waals surface area contributed by atoms with Crippen molar-refractivity contribution in [2.75, 3.05) is 13.2 Å². The van der Waals surface area contributed by atoms with Gasteiger partial charge in [-0.3, -0.25) is 0 Å². The highest BCUT2D eigenvalue weighted by molar-refractivity contribution is 5.38. The predicted octanol–water partition coefficient (Wildman–Crippen LogP) is 2.76. The second-order valence-corrected chi connectivity index (χ2v) is 5.50. The van der Waals surface area contributed by atoms with Gasteiger partial charge < -0.3 is 14.6 Å². The van der Waals surface area contributed by atoms with Crippen LogP contribution in [-0.2, 0) is 4.74 Å². The summed E-state index contributed by atoms with van der Waals surface area (Å²) in [4.78, 5) is 4.13. The van der Waals surface area contributed by atoms with Crippen LogP contribution in [0.15, 0.2) is 30.6 Å². The van der Waals surface area contributed by atoms with Crippen molar-refractivity contribution in [3.05, 3.63) is 47.8 Å². The molecule has 2 atom stereocenters. The molecule has 1 aliphatic heterocycles. The molecular formula is C16H20FN3O. The summed E-state index contributed by atoms with van der Waals surface area (Å²) >= 11 is 0. The van der Waals surface area contributed by atoms with E-state index in [0.717, 1.165) is 31.0 Å². The van der Waals surface area contributed by atoms with Gasteiger partial charge in [0.25, 0.3) is 0 Å². The molecular weight excluding hydrogens is 269 g/mol. The summed E-state index contributed by atoms with van der Waals surface area (Å²) in [6.45, 7) is 5.45. The number of nitrogens with one attached hydrogen (secondary N) is 1. The number of benzene rings is 1. The van der Waals surface area contributed by atoms with Crippen molar-refractivity contribution in [1.82, 2.24) is 14.9 Å². The molecule has 0 spiro atoms. The van der Waals surface area contributed by atoms with Crippen LogP contribution in [0.4, 0.5) is 4.39 Å². The first kappa shape index (κ1) is 14.2. The van der Waals surface area contributed by atoms with Crippen LogP contribution < -0.4 is 5.32 Å². The minimum atomic E-state index is -0.232. The number of rotatable bonds is 4. The van der Waals surface area contributed by atoms with Gasteiger partial charge in [0, 0.05) is 31.1 Å². The maximum atomic E-state index is 14.4. The molecule has 2 aromatic rings. The molecule has 0 radical (unpaired) electrons. The Bertz CT molecular complexity index is 620. The quantitative estimate of drug-likeness (QED) is 0.940. The average molecular weight is 289 g/mol. The second kappa shape index (κ2) is 5.95. The molecule has 1 aliphatic rings. The van der Waals surface area contributed by atoms with Crippen LogP contribution in [0.25, 0.3) is 5.69 Å². The van der Waals surface area contributed by atoms with Crippen LogP contribution in [-0.4, -0.2) is 28.8 Å². The van der Waals surface area contributed by atoms with E-state index in [4.69, 9.17) is 4.74 Å². The van der Waals surface area contributed by atoms with Gasteiger partial charge in [-0.25, -0.2) is 9.37 Å². The number of hydrogen-bond acceptors (Lipinski definition) is 3. The Morgan fingerprint density at radius 1 is 1.48 bits per heavy atom. The number of nitrogens with zero attached hydrogens (tertiary/aromatic N) is 2. The first-order valence-corrected chi connectivity index (χ1v) is 7.28. The summed E-state index contributed by atoms with van der Waals surface area (Å²) in [5, 5.41) is 3.48. The van der Waals surface area contributed by atoms with Crippen LogP contribution in [0.2, 0.25) is 0 Å².